The number of nitrogens with zero attached hydrogens (tertiary/aromatic N) is 2. The Morgan fingerprint density at radius 3 is 2.32 bits per heavy atom. The molecule has 0 aromatic carbocycles. The number of carboxylic acids is 2. The van der Waals surface area contributed by atoms with Gasteiger partial charge < -0.3 is 30.2 Å². The Morgan fingerprint density at radius 1 is 0.973 bits per heavy atom. The minimum atomic E-state index is -1.82. The maximum Gasteiger partial charge on any atom is 0.414 e. The first kappa shape index (κ1) is 29.8. The molecule has 0 aromatic rings. The molecule has 9 nitrogen and oxygen atoms in total. The largest absolute Gasteiger partial charge is 0.473 e. The van der Waals surface area contributed by atoms with Crippen molar-refractivity contribution in [2.75, 3.05) is 27.2 Å². The third-order valence-electron chi connectivity index (χ3n) is 10.5. The lowest BCUT2D eigenvalue weighted by Gasteiger charge is -2.63. The molecular weight excluding hydrogens is 476 g/mol. The molecule has 8 atom stereocenters. The maximum absolute atomic E-state index is 12.2. The van der Waals surface area contributed by atoms with Crippen LogP contribution in [0.2, 0.25) is 0 Å². The molecule has 0 aliphatic heterocycles. The summed E-state index contributed by atoms with van der Waals surface area (Å²) in [6, 6.07) is 0. The van der Waals surface area contributed by atoms with Crippen molar-refractivity contribution in [1.82, 2.24) is 4.90 Å². The summed E-state index contributed by atoms with van der Waals surface area (Å²) < 4.78 is 0. The topological polar surface area (TPSA) is 140 Å². The highest BCUT2D eigenvalue weighted by Gasteiger charge is 2.66. The summed E-state index contributed by atoms with van der Waals surface area (Å²) in [6.07, 6.45) is 13.6. The summed E-state index contributed by atoms with van der Waals surface area (Å²) in [5.74, 6) is -1.72. The summed E-state index contributed by atoms with van der Waals surface area (Å²) in [5.41, 5.74) is -0.382. The lowest BCUT2D eigenvalue weighted by molar-refractivity contribution is -0.206. The van der Waals surface area contributed by atoms with Crippen LogP contribution in [0, 0.1) is 34.5 Å². The molecule has 0 radical (unpaired) electrons. The highest BCUT2D eigenvalue weighted by molar-refractivity contribution is 6.27. The predicted octanol–water partition coefficient (Wildman–Crippen LogP) is 3.62. The quantitative estimate of drug-likeness (QED) is 0.171. The molecular formula is C28H48N2O7. The van der Waals surface area contributed by atoms with Crippen LogP contribution in [-0.4, -0.2) is 82.4 Å². The number of fused-ring (bicyclic) bond motifs is 5. The van der Waals surface area contributed by atoms with E-state index in [9.17, 15) is 10.2 Å². The van der Waals surface area contributed by atoms with E-state index in [1.807, 2.05) is 6.21 Å². The first-order chi connectivity index (χ1) is 17.3. The molecule has 0 amide bonds. The van der Waals surface area contributed by atoms with Crippen molar-refractivity contribution in [3.05, 3.63) is 0 Å². The first-order valence-corrected chi connectivity index (χ1v) is 14.0. The van der Waals surface area contributed by atoms with Crippen LogP contribution < -0.4 is 0 Å². The summed E-state index contributed by atoms with van der Waals surface area (Å²) in [4.78, 5) is 26.0. The van der Waals surface area contributed by atoms with Crippen molar-refractivity contribution in [2.24, 2.45) is 39.7 Å². The van der Waals surface area contributed by atoms with E-state index >= 15 is 0 Å². The van der Waals surface area contributed by atoms with Crippen molar-refractivity contribution in [2.45, 2.75) is 96.2 Å². The van der Waals surface area contributed by atoms with Gasteiger partial charge in [0.2, 0.25) is 0 Å². The number of oxime groups is 1. The number of hydrogen-bond donors (Lipinski definition) is 4. The molecule has 4 aliphatic carbocycles. The number of unbranched alkanes of at least 4 members (excludes halogenated alkanes) is 1. The Balaban J connectivity index is 0.000000568. The van der Waals surface area contributed by atoms with Crippen LogP contribution in [0.1, 0.15) is 84.5 Å². The summed E-state index contributed by atoms with van der Waals surface area (Å²) >= 11 is 0. The van der Waals surface area contributed by atoms with Gasteiger partial charge in [0.05, 0.1) is 11.7 Å². The van der Waals surface area contributed by atoms with E-state index in [-0.39, 0.29) is 11.5 Å². The Morgan fingerprint density at radius 2 is 1.68 bits per heavy atom. The number of aliphatic hydroxyl groups excluding tert-OH is 1. The first-order valence-electron chi connectivity index (χ1n) is 14.0. The molecule has 0 heterocycles. The lowest BCUT2D eigenvalue weighted by Crippen LogP contribution is -2.62. The summed E-state index contributed by atoms with van der Waals surface area (Å²) in [7, 11) is 4.19. The average Bonchev–Trinajstić information content (AvgIpc) is 3.09. The third-order valence-corrected chi connectivity index (χ3v) is 10.5. The van der Waals surface area contributed by atoms with Crippen LogP contribution in [-0.2, 0) is 14.4 Å². The fourth-order valence-corrected chi connectivity index (χ4v) is 8.25. The van der Waals surface area contributed by atoms with Crippen LogP contribution >= 0.6 is 0 Å². The minimum absolute atomic E-state index is 0.0939. The van der Waals surface area contributed by atoms with E-state index in [1.54, 1.807) is 0 Å². The van der Waals surface area contributed by atoms with Gasteiger partial charge in [0.25, 0.3) is 0 Å². The van der Waals surface area contributed by atoms with Crippen molar-refractivity contribution < 1.29 is 34.9 Å². The van der Waals surface area contributed by atoms with E-state index in [1.165, 1.54) is 12.8 Å². The van der Waals surface area contributed by atoms with Gasteiger partial charge in [-0.05, 0) is 114 Å². The second-order valence-corrected chi connectivity index (χ2v) is 12.7. The van der Waals surface area contributed by atoms with Gasteiger partial charge in [-0.3, -0.25) is 0 Å². The Hall–Kier alpha value is -1.71. The lowest BCUT2D eigenvalue weighted by atomic mass is 9.43. The second-order valence-electron chi connectivity index (χ2n) is 12.7. The predicted molar refractivity (Wildman–Crippen MR) is 140 cm³/mol. The second kappa shape index (κ2) is 12.0. The normalized spacial score (nSPS) is 40.8. The van der Waals surface area contributed by atoms with Crippen LogP contribution in [0.3, 0.4) is 0 Å². The Bertz CT molecular complexity index is 823. The number of aliphatic hydroxyl groups is 2. The number of rotatable bonds is 7. The molecule has 4 aliphatic rings. The number of carbonyl (C=O) groups is 2. The maximum atomic E-state index is 12.2. The molecule has 0 unspecified atom stereocenters. The molecule has 0 spiro atoms. The van der Waals surface area contributed by atoms with Gasteiger partial charge in [-0.15, -0.1) is 0 Å². The fourth-order valence-electron chi connectivity index (χ4n) is 8.25. The van der Waals surface area contributed by atoms with E-state index in [0.717, 1.165) is 64.3 Å². The van der Waals surface area contributed by atoms with Gasteiger partial charge in [0.1, 0.15) is 6.61 Å². The SMILES string of the molecule is CN(C)CCCCO/N=C/[C@H]1CC[C@]2(O)[C@@H]3CC[C@@H]4C[C@@H](O)CC[C@]4(C)[C@H]3CC[C@]12C.O=C(O)C(=O)O. The molecule has 4 N–H and O–H groups in total. The van der Waals surface area contributed by atoms with Crippen LogP contribution in [0.4, 0.5) is 0 Å². The molecule has 4 fully saturated rings. The highest BCUT2D eigenvalue weighted by Crippen LogP contribution is 2.68. The van der Waals surface area contributed by atoms with Gasteiger partial charge in [-0.25, -0.2) is 9.59 Å². The third kappa shape index (κ3) is 6.14. The monoisotopic (exact) mass is 524 g/mol. The summed E-state index contributed by atoms with van der Waals surface area (Å²) in [6.45, 7) is 6.56. The van der Waals surface area contributed by atoms with E-state index in [2.05, 4.69) is 38.0 Å². The molecule has 4 rings (SSSR count). The van der Waals surface area contributed by atoms with E-state index in [0.29, 0.717) is 35.7 Å². The zero-order valence-electron chi connectivity index (χ0n) is 23.1. The molecule has 0 bridgehead atoms. The fraction of sp³-hybridized carbons (Fsp3) is 0.893. The number of aliphatic carboxylic acids is 2. The molecule has 37 heavy (non-hydrogen) atoms. The molecule has 4 saturated carbocycles. The van der Waals surface area contributed by atoms with Crippen LogP contribution in [0.5, 0.6) is 0 Å². The van der Waals surface area contributed by atoms with Crippen LogP contribution in [0.25, 0.3) is 0 Å². The minimum Gasteiger partial charge on any atom is -0.473 e. The molecule has 9 heteroatoms. The van der Waals surface area contributed by atoms with Crippen molar-refractivity contribution >= 4 is 18.2 Å². The zero-order chi connectivity index (χ0) is 27.4. The standard InChI is InChI=1S/C26H46N2O3.C2H2O4/c1-24-12-10-21(29)17-19(24)7-8-23-22(24)11-13-25(2)20(9-14-26(23,25)30)18-27-31-16-6-5-15-28(3)4;3-1(4)2(5)6/h18-23,29-30H,5-17H2,1-4H3;(H,3,4)(H,5,6)/b27-18+;/t19-,20-,21+,22+,23-,24+,25-,26+;/m1./s1. The number of hydrogen-bond acceptors (Lipinski definition) is 7. The van der Waals surface area contributed by atoms with Crippen LogP contribution in [0.15, 0.2) is 5.16 Å². The van der Waals surface area contributed by atoms with Gasteiger partial charge >= 0.3 is 11.9 Å². The van der Waals surface area contributed by atoms with Gasteiger partial charge in [-0.2, -0.15) is 0 Å². The molecule has 0 saturated heterocycles. The van der Waals surface area contributed by atoms with E-state index in [4.69, 9.17) is 24.6 Å². The van der Waals surface area contributed by atoms with Gasteiger partial charge in [0.15, 0.2) is 0 Å². The Kier molecular flexibility index (Phi) is 9.67. The van der Waals surface area contributed by atoms with Crippen molar-refractivity contribution in [1.29, 1.82) is 0 Å². The van der Waals surface area contributed by atoms with Crippen molar-refractivity contribution in [3.63, 3.8) is 0 Å². The van der Waals surface area contributed by atoms with E-state index < -0.39 is 17.5 Å². The summed E-state index contributed by atoms with van der Waals surface area (Å²) in [5, 5.41) is 41.5. The van der Waals surface area contributed by atoms with Gasteiger partial charge in [0, 0.05) is 17.5 Å². The molecule has 0 aromatic heterocycles. The highest BCUT2D eigenvalue weighted by atomic mass is 16.6. The number of carboxylic acid groups (broad SMARTS) is 2. The Labute approximate surface area is 221 Å². The van der Waals surface area contributed by atoms with Gasteiger partial charge in [-0.1, -0.05) is 19.0 Å². The molecule has 212 valence electrons. The zero-order valence-corrected chi connectivity index (χ0v) is 23.1. The average molecular weight is 525 g/mol. The van der Waals surface area contributed by atoms with Crippen molar-refractivity contribution in [3.8, 4) is 0 Å². The smallest absolute Gasteiger partial charge is 0.414 e.